The molecule has 2 N–H and O–H groups in total. The Morgan fingerprint density at radius 3 is 2.54 bits per heavy atom. The second kappa shape index (κ2) is 13.0. The molecule has 0 bridgehead atoms. The molecule has 0 saturated carbocycles. The number of rotatable bonds is 10. The van der Waals surface area contributed by atoms with Gasteiger partial charge >= 0.3 is 11.7 Å². The SMILES string of the molecule is Cc1c(N(NCC(=O)N(C)CCc2ccccn2)C(=O)CCNC(=O)OC(C)(C)C)ccc2ncoc(=O)c12. The highest BCUT2D eigenvalue weighted by atomic mass is 16.6. The number of hydrazine groups is 1. The predicted octanol–water partition coefficient (Wildman–Crippen LogP) is 2.34. The van der Waals surface area contributed by atoms with Gasteiger partial charge in [-0.2, -0.15) is 0 Å². The summed E-state index contributed by atoms with van der Waals surface area (Å²) in [5.41, 5.74) is 3.70. The average Bonchev–Trinajstić information content (AvgIpc) is 2.88. The Kier molecular flexibility index (Phi) is 9.72. The van der Waals surface area contributed by atoms with Crippen molar-refractivity contribution in [3.63, 3.8) is 0 Å². The largest absolute Gasteiger partial charge is 0.444 e. The van der Waals surface area contributed by atoms with Crippen molar-refractivity contribution in [3.8, 4) is 0 Å². The second-order valence-electron chi connectivity index (χ2n) is 9.87. The highest BCUT2D eigenvalue weighted by Crippen LogP contribution is 2.25. The lowest BCUT2D eigenvalue weighted by atomic mass is 10.1. The molecule has 0 atom stereocenters. The van der Waals surface area contributed by atoms with Gasteiger partial charge in [-0.15, -0.1) is 0 Å². The smallest absolute Gasteiger partial charge is 0.407 e. The molecular weight excluding hydrogens is 504 g/mol. The number of pyridine rings is 1. The number of hydrogen-bond acceptors (Lipinski definition) is 9. The van der Waals surface area contributed by atoms with Crippen molar-refractivity contribution in [2.45, 2.75) is 46.1 Å². The number of amides is 3. The van der Waals surface area contributed by atoms with Crippen LogP contribution in [0.15, 0.2) is 52.1 Å². The van der Waals surface area contributed by atoms with Gasteiger partial charge < -0.3 is 19.4 Å². The number of ether oxygens (including phenoxy) is 1. The zero-order valence-corrected chi connectivity index (χ0v) is 22.8. The molecule has 208 valence electrons. The number of fused-ring (bicyclic) bond motifs is 1. The molecule has 0 fully saturated rings. The van der Waals surface area contributed by atoms with E-state index in [9.17, 15) is 19.2 Å². The van der Waals surface area contributed by atoms with Gasteiger partial charge in [0.1, 0.15) is 5.60 Å². The minimum Gasteiger partial charge on any atom is -0.444 e. The van der Waals surface area contributed by atoms with E-state index in [4.69, 9.17) is 9.15 Å². The van der Waals surface area contributed by atoms with Gasteiger partial charge in [0.15, 0.2) is 6.39 Å². The third kappa shape index (κ3) is 8.34. The lowest BCUT2D eigenvalue weighted by Crippen LogP contribution is -2.49. The van der Waals surface area contributed by atoms with Crippen LogP contribution in [0.2, 0.25) is 0 Å². The van der Waals surface area contributed by atoms with Gasteiger partial charge in [0.25, 0.3) is 0 Å². The summed E-state index contributed by atoms with van der Waals surface area (Å²) in [6.45, 7) is 7.12. The number of aryl methyl sites for hydroxylation is 1. The maximum Gasteiger partial charge on any atom is 0.407 e. The molecule has 0 saturated heterocycles. The van der Waals surface area contributed by atoms with Crippen LogP contribution in [-0.4, -0.2) is 65.1 Å². The third-order valence-electron chi connectivity index (χ3n) is 5.71. The summed E-state index contributed by atoms with van der Waals surface area (Å²) in [7, 11) is 1.67. The molecule has 39 heavy (non-hydrogen) atoms. The number of nitrogens with one attached hydrogen (secondary N) is 2. The van der Waals surface area contributed by atoms with Gasteiger partial charge in [-0.1, -0.05) is 6.07 Å². The number of hydrogen-bond donors (Lipinski definition) is 2. The van der Waals surface area contributed by atoms with Crippen molar-refractivity contribution in [2.24, 2.45) is 0 Å². The summed E-state index contributed by atoms with van der Waals surface area (Å²) in [6, 6.07) is 8.82. The average molecular weight is 539 g/mol. The Labute approximate surface area is 226 Å². The molecule has 3 amide bonds. The molecule has 12 nitrogen and oxygen atoms in total. The zero-order valence-electron chi connectivity index (χ0n) is 22.8. The number of anilines is 1. The molecular formula is C27H34N6O6. The molecule has 3 rings (SSSR count). The van der Waals surface area contributed by atoms with E-state index in [1.807, 2.05) is 18.2 Å². The van der Waals surface area contributed by atoms with Crippen LogP contribution in [0.1, 0.15) is 38.4 Å². The molecule has 2 aromatic heterocycles. The van der Waals surface area contributed by atoms with E-state index in [0.29, 0.717) is 29.7 Å². The van der Waals surface area contributed by atoms with E-state index in [1.54, 1.807) is 58.0 Å². The van der Waals surface area contributed by atoms with Crippen LogP contribution in [0.3, 0.4) is 0 Å². The number of aromatic nitrogens is 2. The van der Waals surface area contributed by atoms with E-state index in [1.165, 1.54) is 5.01 Å². The summed E-state index contributed by atoms with van der Waals surface area (Å²) >= 11 is 0. The molecule has 0 aliphatic heterocycles. The summed E-state index contributed by atoms with van der Waals surface area (Å²) < 4.78 is 10.1. The maximum absolute atomic E-state index is 13.3. The van der Waals surface area contributed by atoms with Gasteiger partial charge in [0.05, 0.1) is 23.1 Å². The second-order valence-corrected chi connectivity index (χ2v) is 9.87. The molecule has 1 aromatic carbocycles. The Balaban J connectivity index is 1.74. The monoisotopic (exact) mass is 538 g/mol. The van der Waals surface area contributed by atoms with Gasteiger partial charge in [0.2, 0.25) is 11.8 Å². The van der Waals surface area contributed by atoms with Crippen molar-refractivity contribution in [1.29, 1.82) is 0 Å². The van der Waals surface area contributed by atoms with Crippen LogP contribution in [0.5, 0.6) is 0 Å². The van der Waals surface area contributed by atoms with Crippen LogP contribution >= 0.6 is 0 Å². The number of alkyl carbamates (subject to hydrolysis) is 1. The summed E-state index contributed by atoms with van der Waals surface area (Å²) in [6.07, 6.45) is 2.59. The Morgan fingerprint density at radius 2 is 1.85 bits per heavy atom. The summed E-state index contributed by atoms with van der Waals surface area (Å²) in [4.78, 5) is 60.4. The number of carbonyl (C=O) groups is 3. The van der Waals surface area contributed by atoms with Crippen LogP contribution in [0.25, 0.3) is 10.9 Å². The number of benzene rings is 1. The fraction of sp³-hybridized carbons (Fsp3) is 0.407. The lowest BCUT2D eigenvalue weighted by molar-refractivity contribution is -0.129. The van der Waals surface area contributed by atoms with Crippen LogP contribution in [0.4, 0.5) is 10.5 Å². The van der Waals surface area contributed by atoms with Crippen LogP contribution in [-0.2, 0) is 20.7 Å². The van der Waals surface area contributed by atoms with Crippen LogP contribution in [0, 0.1) is 6.92 Å². The first-order valence-electron chi connectivity index (χ1n) is 12.5. The predicted molar refractivity (Wildman–Crippen MR) is 145 cm³/mol. The van der Waals surface area contributed by atoms with E-state index in [2.05, 4.69) is 20.7 Å². The third-order valence-corrected chi connectivity index (χ3v) is 5.71. The van der Waals surface area contributed by atoms with E-state index < -0.39 is 23.2 Å². The number of nitrogens with zero attached hydrogens (tertiary/aromatic N) is 4. The van der Waals surface area contributed by atoms with E-state index in [0.717, 1.165) is 12.1 Å². The highest BCUT2D eigenvalue weighted by Gasteiger charge is 2.23. The first-order valence-corrected chi connectivity index (χ1v) is 12.5. The van der Waals surface area contributed by atoms with Gasteiger partial charge in [-0.05, 0) is 57.5 Å². The first-order chi connectivity index (χ1) is 18.5. The fourth-order valence-corrected chi connectivity index (χ4v) is 3.72. The normalized spacial score (nSPS) is 11.2. The standard InChI is InChI=1S/C27H34N6O6/c1-18-21(10-9-20-24(18)25(36)38-17-30-20)33(22(34)11-14-29-26(37)39-27(2,3)4)31-16-23(35)32(5)15-12-19-8-6-7-13-28-19/h6-10,13,17,31H,11-12,14-16H2,1-5H3,(H,29,37). The molecule has 0 aliphatic rings. The quantitative estimate of drug-likeness (QED) is 0.371. The molecule has 0 aliphatic carbocycles. The van der Waals surface area contributed by atoms with Crippen LogP contribution < -0.4 is 21.4 Å². The van der Waals surface area contributed by atoms with Gasteiger partial charge in [-0.25, -0.2) is 25.0 Å². The van der Waals surface area contributed by atoms with Crippen molar-refractivity contribution >= 4 is 34.5 Å². The van der Waals surface area contributed by atoms with Crippen molar-refractivity contribution in [1.82, 2.24) is 25.6 Å². The van der Waals surface area contributed by atoms with Crippen molar-refractivity contribution < 1.29 is 23.5 Å². The Bertz CT molecular complexity index is 1370. The van der Waals surface area contributed by atoms with Gasteiger partial charge in [0, 0.05) is 44.9 Å². The molecule has 0 unspecified atom stereocenters. The molecule has 2 heterocycles. The molecule has 0 radical (unpaired) electrons. The van der Waals surface area contributed by atoms with E-state index in [-0.39, 0.29) is 30.8 Å². The topological polar surface area (TPSA) is 147 Å². The highest BCUT2D eigenvalue weighted by molar-refractivity contribution is 5.97. The number of carbonyl (C=O) groups excluding carboxylic acids is 3. The molecule has 3 aromatic rings. The minimum atomic E-state index is -0.679. The fourth-order valence-electron chi connectivity index (χ4n) is 3.72. The summed E-state index contributed by atoms with van der Waals surface area (Å²) in [5.74, 6) is -0.694. The molecule has 12 heteroatoms. The van der Waals surface area contributed by atoms with E-state index >= 15 is 0 Å². The van der Waals surface area contributed by atoms with Gasteiger partial charge in [-0.3, -0.25) is 14.6 Å². The summed E-state index contributed by atoms with van der Waals surface area (Å²) in [5, 5.41) is 3.99. The van der Waals surface area contributed by atoms with Crippen molar-refractivity contribution in [2.75, 3.05) is 31.7 Å². The van der Waals surface area contributed by atoms with Crippen molar-refractivity contribution in [3.05, 3.63) is 64.6 Å². The Morgan fingerprint density at radius 1 is 1.08 bits per heavy atom. The number of likely N-dealkylation sites (N-methyl/N-ethyl adjacent to an activating group) is 1. The minimum absolute atomic E-state index is 0.000173. The zero-order chi connectivity index (χ0) is 28.6. The first kappa shape index (κ1) is 29.2. The maximum atomic E-state index is 13.3. The lowest BCUT2D eigenvalue weighted by Gasteiger charge is -2.27. The molecule has 0 spiro atoms. The Hall–Kier alpha value is -4.32.